The monoisotopic (exact) mass is 328 g/mol. The van der Waals surface area contributed by atoms with Crippen molar-refractivity contribution >= 4 is 11.6 Å². The molecule has 0 aliphatic carbocycles. The summed E-state index contributed by atoms with van der Waals surface area (Å²) in [5.74, 6) is 1.14. The minimum Gasteiger partial charge on any atom is -0.494 e. The molecule has 1 aromatic carbocycles. The average molecular weight is 328 g/mol. The number of nitrogens with one attached hydrogen (secondary N) is 1. The highest BCUT2D eigenvalue weighted by molar-refractivity contribution is 5.99. The van der Waals surface area contributed by atoms with Crippen LogP contribution in [0.3, 0.4) is 0 Å². The lowest BCUT2D eigenvalue weighted by Crippen LogP contribution is -2.19. The molecule has 1 heterocycles. The second-order valence-corrected chi connectivity index (χ2v) is 5.55. The van der Waals surface area contributed by atoms with Crippen molar-refractivity contribution in [2.24, 2.45) is 5.10 Å². The van der Waals surface area contributed by atoms with Gasteiger partial charge in [-0.15, -0.1) is 0 Å². The van der Waals surface area contributed by atoms with E-state index in [-0.39, 0.29) is 5.91 Å². The van der Waals surface area contributed by atoms with Crippen molar-refractivity contribution in [3.05, 3.63) is 54.0 Å². The van der Waals surface area contributed by atoms with Crippen LogP contribution in [0.15, 0.2) is 52.2 Å². The third-order valence-corrected chi connectivity index (χ3v) is 3.59. The van der Waals surface area contributed by atoms with E-state index < -0.39 is 0 Å². The number of furan rings is 1. The normalized spacial score (nSPS) is 11.3. The molecular formula is C19H24N2O3. The topological polar surface area (TPSA) is 63.8 Å². The van der Waals surface area contributed by atoms with Gasteiger partial charge in [0, 0.05) is 5.56 Å². The fourth-order valence-corrected chi connectivity index (χ4v) is 2.16. The molecule has 128 valence electrons. The lowest BCUT2D eigenvalue weighted by atomic mass is 10.2. The number of hydrazone groups is 1. The molecule has 0 saturated heterocycles. The third-order valence-electron chi connectivity index (χ3n) is 3.59. The van der Waals surface area contributed by atoms with E-state index >= 15 is 0 Å². The van der Waals surface area contributed by atoms with Crippen LogP contribution in [0.5, 0.6) is 5.75 Å². The number of unbranched alkanes of at least 4 members (excludes halogenated alkanes) is 3. The molecule has 2 rings (SSSR count). The third kappa shape index (κ3) is 5.57. The van der Waals surface area contributed by atoms with Crippen LogP contribution in [0, 0.1) is 0 Å². The van der Waals surface area contributed by atoms with Gasteiger partial charge in [0.1, 0.15) is 17.2 Å². The van der Waals surface area contributed by atoms with Crippen molar-refractivity contribution in [2.45, 2.75) is 39.5 Å². The molecule has 24 heavy (non-hydrogen) atoms. The summed E-state index contributed by atoms with van der Waals surface area (Å²) >= 11 is 0. The second-order valence-electron chi connectivity index (χ2n) is 5.55. The van der Waals surface area contributed by atoms with Crippen LogP contribution in [0.25, 0.3) is 0 Å². The van der Waals surface area contributed by atoms with Gasteiger partial charge in [-0.1, -0.05) is 26.2 Å². The highest BCUT2D eigenvalue weighted by atomic mass is 16.5. The van der Waals surface area contributed by atoms with Gasteiger partial charge in [0.05, 0.1) is 12.9 Å². The molecule has 5 nitrogen and oxygen atoms in total. The van der Waals surface area contributed by atoms with Crippen LogP contribution in [0.2, 0.25) is 0 Å². The second kappa shape index (κ2) is 9.55. The number of carbonyl (C=O) groups is 1. The van der Waals surface area contributed by atoms with E-state index in [1.165, 1.54) is 19.3 Å². The molecule has 2 aromatic rings. The molecule has 5 heteroatoms. The number of amides is 1. The van der Waals surface area contributed by atoms with Crippen LogP contribution in [-0.4, -0.2) is 18.2 Å². The number of nitrogens with zero attached hydrogens (tertiary/aromatic N) is 1. The molecule has 0 saturated carbocycles. The SMILES string of the molecule is CCCCCCOc1ccc(C(=O)NN=C(C)c2ccco2)cc1. The predicted octanol–water partition coefficient (Wildman–Crippen LogP) is 4.39. The van der Waals surface area contributed by atoms with Gasteiger partial charge in [0.25, 0.3) is 5.91 Å². The zero-order valence-corrected chi connectivity index (χ0v) is 14.2. The Balaban J connectivity index is 1.81. The largest absolute Gasteiger partial charge is 0.494 e. The van der Waals surface area contributed by atoms with Gasteiger partial charge >= 0.3 is 0 Å². The molecule has 0 aliphatic heterocycles. The number of rotatable bonds is 9. The average Bonchev–Trinajstić information content (AvgIpc) is 3.14. The van der Waals surface area contributed by atoms with Crippen molar-refractivity contribution in [1.82, 2.24) is 5.43 Å². The van der Waals surface area contributed by atoms with Gasteiger partial charge in [0.15, 0.2) is 0 Å². The Morgan fingerprint density at radius 1 is 1.17 bits per heavy atom. The number of benzene rings is 1. The smallest absolute Gasteiger partial charge is 0.271 e. The highest BCUT2D eigenvalue weighted by Gasteiger charge is 2.06. The Bertz CT molecular complexity index is 646. The Hall–Kier alpha value is -2.56. The molecule has 0 unspecified atom stereocenters. The van der Waals surface area contributed by atoms with Gasteiger partial charge in [-0.3, -0.25) is 4.79 Å². The van der Waals surface area contributed by atoms with Crippen molar-refractivity contribution in [3.8, 4) is 5.75 Å². The molecule has 0 spiro atoms. The van der Waals surface area contributed by atoms with Crippen LogP contribution < -0.4 is 10.2 Å². The maximum atomic E-state index is 12.1. The fourth-order valence-electron chi connectivity index (χ4n) is 2.16. The summed E-state index contributed by atoms with van der Waals surface area (Å²) in [4.78, 5) is 12.1. The number of carbonyl (C=O) groups excluding carboxylic acids is 1. The van der Waals surface area contributed by atoms with Crippen molar-refractivity contribution < 1.29 is 13.9 Å². The first-order valence-electron chi connectivity index (χ1n) is 8.32. The molecular weight excluding hydrogens is 304 g/mol. The summed E-state index contributed by atoms with van der Waals surface area (Å²) < 4.78 is 10.9. The molecule has 0 bridgehead atoms. The molecule has 1 N–H and O–H groups in total. The maximum Gasteiger partial charge on any atom is 0.271 e. The standard InChI is InChI=1S/C19H24N2O3/c1-3-4-5-6-13-23-17-11-9-16(10-12-17)19(22)21-20-15(2)18-8-7-14-24-18/h7-12,14H,3-6,13H2,1-2H3,(H,21,22). The fraction of sp³-hybridized carbons (Fsp3) is 0.368. The minimum absolute atomic E-state index is 0.268. The zero-order valence-electron chi connectivity index (χ0n) is 14.2. The quantitative estimate of drug-likeness (QED) is 0.422. The summed E-state index contributed by atoms with van der Waals surface area (Å²) in [6, 6.07) is 10.6. The van der Waals surface area contributed by atoms with Crippen molar-refractivity contribution in [2.75, 3.05) is 6.61 Å². The lowest BCUT2D eigenvalue weighted by Gasteiger charge is -2.07. The Morgan fingerprint density at radius 3 is 2.62 bits per heavy atom. The van der Waals surface area contributed by atoms with E-state index in [1.807, 2.05) is 0 Å². The lowest BCUT2D eigenvalue weighted by molar-refractivity contribution is 0.0955. The van der Waals surface area contributed by atoms with E-state index in [2.05, 4.69) is 17.5 Å². The van der Waals surface area contributed by atoms with E-state index in [1.54, 1.807) is 49.6 Å². The number of hydrogen-bond acceptors (Lipinski definition) is 4. The molecule has 0 fully saturated rings. The van der Waals surface area contributed by atoms with Crippen LogP contribution >= 0.6 is 0 Å². The molecule has 0 radical (unpaired) electrons. The molecule has 0 atom stereocenters. The van der Waals surface area contributed by atoms with Crippen LogP contribution in [0.4, 0.5) is 0 Å². The van der Waals surface area contributed by atoms with E-state index in [4.69, 9.17) is 9.15 Å². The molecule has 1 amide bonds. The summed E-state index contributed by atoms with van der Waals surface area (Å²) in [5.41, 5.74) is 3.66. The Labute approximate surface area is 142 Å². The van der Waals surface area contributed by atoms with E-state index in [9.17, 15) is 4.79 Å². The van der Waals surface area contributed by atoms with Gasteiger partial charge in [-0.25, -0.2) is 5.43 Å². The van der Waals surface area contributed by atoms with Crippen molar-refractivity contribution in [1.29, 1.82) is 0 Å². The maximum absolute atomic E-state index is 12.1. The van der Waals surface area contributed by atoms with Crippen LogP contribution in [0.1, 0.15) is 55.6 Å². The Kier molecular flexibility index (Phi) is 7.08. The summed E-state index contributed by atoms with van der Waals surface area (Å²) in [7, 11) is 0. The summed E-state index contributed by atoms with van der Waals surface area (Å²) in [6.07, 6.45) is 6.25. The zero-order chi connectivity index (χ0) is 17.2. The first-order valence-corrected chi connectivity index (χ1v) is 8.32. The van der Waals surface area contributed by atoms with E-state index in [0.717, 1.165) is 12.2 Å². The van der Waals surface area contributed by atoms with Gasteiger partial charge in [0.2, 0.25) is 0 Å². The van der Waals surface area contributed by atoms with Gasteiger partial charge in [-0.05, 0) is 49.7 Å². The summed E-state index contributed by atoms with van der Waals surface area (Å²) in [6.45, 7) is 4.66. The molecule has 1 aromatic heterocycles. The Morgan fingerprint density at radius 2 is 1.96 bits per heavy atom. The van der Waals surface area contributed by atoms with E-state index in [0.29, 0.717) is 23.6 Å². The molecule has 0 aliphatic rings. The number of hydrogen-bond donors (Lipinski definition) is 1. The predicted molar refractivity (Wildman–Crippen MR) is 94.5 cm³/mol. The highest BCUT2D eigenvalue weighted by Crippen LogP contribution is 2.13. The first kappa shape index (κ1) is 17.8. The van der Waals surface area contributed by atoms with Gasteiger partial charge in [-0.2, -0.15) is 5.10 Å². The summed E-state index contributed by atoms with van der Waals surface area (Å²) in [5, 5.41) is 4.04. The van der Waals surface area contributed by atoms with Gasteiger partial charge < -0.3 is 9.15 Å². The van der Waals surface area contributed by atoms with Crippen LogP contribution in [-0.2, 0) is 0 Å². The first-order chi connectivity index (χ1) is 11.7. The minimum atomic E-state index is -0.268. The number of ether oxygens (including phenoxy) is 1. The van der Waals surface area contributed by atoms with Crippen molar-refractivity contribution in [3.63, 3.8) is 0 Å².